The fourth-order valence-corrected chi connectivity index (χ4v) is 3.15. The molecule has 0 unspecified atom stereocenters. The number of benzene rings is 2. The summed E-state index contributed by atoms with van der Waals surface area (Å²) in [6.07, 6.45) is 0. The molecule has 2 aromatic rings. The summed E-state index contributed by atoms with van der Waals surface area (Å²) in [5.74, 6) is 0. The molecule has 2 rings (SSSR count). The Balaban J connectivity index is 3.06. The summed E-state index contributed by atoms with van der Waals surface area (Å²) < 4.78 is 32.2. The average Bonchev–Trinajstić information content (AvgIpc) is 2.13. The Morgan fingerprint density at radius 2 is 1.59 bits per heavy atom. The molecule has 0 aliphatic carbocycles. The molecule has 0 bridgehead atoms. The van der Waals surface area contributed by atoms with Gasteiger partial charge >= 0.3 is 0 Å². The lowest BCUT2D eigenvalue weighted by Crippen LogP contribution is -2.02. The Kier molecular flexibility index (Phi) is 2.72. The van der Waals surface area contributed by atoms with Gasteiger partial charge in [-0.1, -0.05) is 29.8 Å². The zero-order valence-electron chi connectivity index (χ0n) is 9.98. The second-order valence-electron chi connectivity index (χ2n) is 4.36. The largest absolute Gasteiger partial charge is 0.295 e. The van der Waals surface area contributed by atoms with E-state index < -0.39 is 10.1 Å². The van der Waals surface area contributed by atoms with Crippen LogP contribution in [0.5, 0.6) is 0 Å². The molecular weight excluding hydrogens is 236 g/mol. The van der Waals surface area contributed by atoms with Crippen LogP contribution in [0, 0.1) is 20.8 Å². The van der Waals surface area contributed by atoms with E-state index in [0.717, 1.165) is 16.5 Å². The highest BCUT2D eigenvalue weighted by atomic mass is 32.2. The maximum Gasteiger partial charge on any atom is 0.295 e. The monoisotopic (exact) mass is 250 g/mol. The predicted octanol–water partition coefficient (Wildman–Crippen LogP) is 3.01. The van der Waals surface area contributed by atoms with E-state index in [0.29, 0.717) is 10.9 Å². The molecule has 0 atom stereocenters. The minimum atomic E-state index is -4.19. The van der Waals surface area contributed by atoms with Gasteiger partial charge in [-0.05, 0) is 37.3 Å². The number of rotatable bonds is 1. The van der Waals surface area contributed by atoms with Crippen molar-refractivity contribution in [1.29, 1.82) is 0 Å². The van der Waals surface area contributed by atoms with Gasteiger partial charge in [-0.3, -0.25) is 4.55 Å². The van der Waals surface area contributed by atoms with Gasteiger partial charge in [-0.15, -0.1) is 0 Å². The molecule has 2 aromatic carbocycles. The molecule has 1 N–H and O–H groups in total. The van der Waals surface area contributed by atoms with Crippen LogP contribution >= 0.6 is 0 Å². The Morgan fingerprint density at radius 3 is 2.18 bits per heavy atom. The van der Waals surface area contributed by atoms with E-state index in [9.17, 15) is 13.0 Å². The third-order valence-electron chi connectivity index (χ3n) is 2.89. The van der Waals surface area contributed by atoms with Crippen LogP contribution in [0.1, 0.15) is 16.7 Å². The van der Waals surface area contributed by atoms with Crippen LogP contribution in [0.25, 0.3) is 10.8 Å². The van der Waals surface area contributed by atoms with Gasteiger partial charge < -0.3 is 0 Å². The van der Waals surface area contributed by atoms with Crippen molar-refractivity contribution in [3.63, 3.8) is 0 Å². The third kappa shape index (κ3) is 2.06. The topological polar surface area (TPSA) is 54.4 Å². The van der Waals surface area contributed by atoms with Crippen LogP contribution in [0.3, 0.4) is 0 Å². The lowest BCUT2D eigenvalue weighted by Gasteiger charge is -2.10. The summed E-state index contributed by atoms with van der Waals surface area (Å²) in [6.45, 7) is 5.52. The number of hydrogen-bond donors (Lipinski definition) is 1. The molecule has 0 heterocycles. The maximum absolute atomic E-state index is 11.4. The SMILES string of the molecule is Cc1cc(C)c2ccc(C)c(S(=O)(=O)O)c2c1. The van der Waals surface area contributed by atoms with E-state index in [1.807, 2.05) is 26.0 Å². The second kappa shape index (κ2) is 3.82. The van der Waals surface area contributed by atoms with E-state index >= 15 is 0 Å². The highest BCUT2D eigenvalue weighted by molar-refractivity contribution is 7.86. The van der Waals surface area contributed by atoms with Crippen LogP contribution < -0.4 is 0 Å². The standard InChI is InChI=1S/C13H14O3S/c1-8-6-10(3)11-5-4-9(2)13(12(11)7-8)17(14,15)16/h4-7H,1-3H3,(H,14,15,16). The lowest BCUT2D eigenvalue weighted by atomic mass is 10.0. The highest BCUT2D eigenvalue weighted by Crippen LogP contribution is 2.29. The number of aryl methyl sites for hydroxylation is 3. The average molecular weight is 250 g/mol. The Labute approximate surface area is 101 Å². The van der Waals surface area contributed by atoms with Gasteiger partial charge in [0.1, 0.15) is 4.90 Å². The number of hydrogen-bond acceptors (Lipinski definition) is 2. The summed E-state index contributed by atoms with van der Waals surface area (Å²) in [5.41, 5.74) is 2.54. The molecule has 4 heteroatoms. The molecule has 0 spiro atoms. The Morgan fingerprint density at radius 1 is 0.941 bits per heavy atom. The zero-order chi connectivity index (χ0) is 12.8. The first-order chi connectivity index (χ1) is 7.80. The minimum Gasteiger partial charge on any atom is -0.282 e. The second-order valence-corrected chi connectivity index (χ2v) is 5.72. The normalized spacial score (nSPS) is 12.0. The molecule has 3 nitrogen and oxygen atoms in total. The van der Waals surface area contributed by atoms with Crippen LogP contribution in [-0.2, 0) is 10.1 Å². The minimum absolute atomic E-state index is 0.0156. The van der Waals surface area contributed by atoms with Crippen molar-refractivity contribution in [3.05, 3.63) is 41.0 Å². The molecule has 0 radical (unpaired) electrons. The highest BCUT2D eigenvalue weighted by Gasteiger charge is 2.17. The van der Waals surface area contributed by atoms with Crippen molar-refractivity contribution < 1.29 is 13.0 Å². The molecule has 0 aliphatic rings. The first-order valence-corrected chi connectivity index (χ1v) is 6.73. The Bertz CT molecular complexity index is 700. The van der Waals surface area contributed by atoms with E-state index in [-0.39, 0.29) is 4.90 Å². The molecule has 0 aromatic heterocycles. The third-order valence-corrected chi connectivity index (χ3v) is 3.95. The van der Waals surface area contributed by atoms with Crippen LogP contribution in [-0.4, -0.2) is 13.0 Å². The van der Waals surface area contributed by atoms with Crippen molar-refractivity contribution in [2.75, 3.05) is 0 Å². The molecule has 0 saturated heterocycles. The van der Waals surface area contributed by atoms with Crippen LogP contribution in [0.4, 0.5) is 0 Å². The molecular formula is C13H14O3S. The van der Waals surface area contributed by atoms with Gasteiger partial charge in [0.15, 0.2) is 0 Å². The first kappa shape index (κ1) is 12.1. The van der Waals surface area contributed by atoms with Gasteiger partial charge in [0, 0.05) is 5.39 Å². The number of fused-ring (bicyclic) bond motifs is 1. The van der Waals surface area contributed by atoms with Gasteiger partial charge in [0.05, 0.1) is 0 Å². The molecule has 0 amide bonds. The fourth-order valence-electron chi connectivity index (χ4n) is 2.23. The van der Waals surface area contributed by atoms with Crippen LogP contribution in [0.15, 0.2) is 29.2 Å². The van der Waals surface area contributed by atoms with Gasteiger partial charge in [-0.2, -0.15) is 8.42 Å². The van der Waals surface area contributed by atoms with Gasteiger partial charge in [-0.25, -0.2) is 0 Å². The summed E-state index contributed by atoms with van der Waals surface area (Å²) in [6, 6.07) is 7.38. The van der Waals surface area contributed by atoms with E-state index in [4.69, 9.17) is 0 Å². The van der Waals surface area contributed by atoms with Crippen LogP contribution in [0.2, 0.25) is 0 Å². The van der Waals surface area contributed by atoms with E-state index in [2.05, 4.69) is 0 Å². The maximum atomic E-state index is 11.4. The van der Waals surface area contributed by atoms with Crippen molar-refractivity contribution in [2.24, 2.45) is 0 Å². The van der Waals surface area contributed by atoms with Gasteiger partial charge in [0.2, 0.25) is 0 Å². The summed E-state index contributed by atoms with van der Waals surface area (Å²) in [5, 5.41) is 1.44. The first-order valence-electron chi connectivity index (χ1n) is 5.29. The smallest absolute Gasteiger partial charge is 0.282 e. The van der Waals surface area contributed by atoms with Crippen molar-refractivity contribution in [2.45, 2.75) is 25.7 Å². The predicted molar refractivity (Wildman–Crippen MR) is 68.0 cm³/mol. The molecule has 17 heavy (non-hydrogen) atoms. The molecule has 0 saturated carbocycles. The van der Waals surface area contributed by atoms with Crippen molar-refractivity contribution in [1.82, 2.24) is 0 Å². The van der Waals surface area contributed by atoms with Gasteiger partial charge in [0.25, 0.3) is 10.1 Å². The van der Waals surface area contributed by atoms with Crippen molar-refractivity contribution >= 4 is 20.9 Å². The van der Waals surface area contributed by atoms with E-state index in [1.165, 1.54) is 0 Å². The summed E-state index contributed by atoms with van der Waals surface area (Å²) >= 11 is 0. The summed E-state index contributed by atoms with van der Waals surface area (Å²) in [7, 11) is -4.19. The lowest BCUT2D eigenvalue weighted by molar-refractivity contribution is 0.483. The summed E-state index contributed by atoms with van der Waals surface area (Å²) in [4.78, 5) is 0.0156. The van der Waals surface area contributed by atoms with Crippen molar-refractivity contribution in [3.8, 4) is 0 Å². The molecule has 0 fully saturated rings. The van der Waals surface area contributed by atoms with E-state index in [1.54, 1.807) is 19.1 Å². The quantitative estimate of drug-likeness (QED) is 0.791. The fraction of sp³-hybridized carbons (Fsp3) is 0.231. The Hall–Kier alpha value is -1.39. The zero-order valence-corrected chi connectivity index (χ0v) is 10.8. The molecule has 90 valence electrons. The molecule has 0 aliphatic heterocycles.